The summed E-state index contributed by atoms with van der Waals surface area (Å²) < 4.78 is 0. The van der Waals surface area contributed by atoms with Crippen LogP contribution in [0.15, 0.2) is 24.3 Å². The van der Waals surface area contributed by atoms with Gasteiger partial charge in [0.2, 0.25) is 5.91 Å². The molecule has 3 nitrogen and oxygen atoms in total. The molecule has 1 fully saturated rings. The highest BCUT2D eigenvalue weighted by Gasteiger charge is 2.28. The van der Waals surface area contributed by atoms with Gasteiger partial charge in [-0.25, -0.2) is 0 Å². The lowest BCUT2D eigenvalue weighted by atomic mass is 9.96. The first-order valence-corrected chi connectivity index (χ1v) is 7.25. The minimum absolute atomic E-state index is 0. The Balaban J connectivity index is 0.00000200. The summed E-state index contributed by atoms with van der Waals surface area (Å²) in [7, 11) is 0. The molecule has 0 aromatic heterocycles. The van der Waals surface area contributed by atoms with Gasteiger partial charge in [0.1, 0.15) is 0 Å². The van der Waals surface area contributed by atoms with Gasteiger partial charge in [0.15, 0.2) is 0 Å². The molecule has 2 unspecified atom stereocenters. The van der Waals surface area contributed by atoms with Crippen LogP contribution in [0.25, 0.3) is 0 Å². The van der Waals surface area contributed by atoms with Crippen molar-refractivity contribution in [2.75, 3.05) is 6.54 Å². The van der Waals surface area contributed by atoms with Gasteiger partial charge in [-0.05, 0) is 43.9 Å². The van der Waals surface area contributed by atoms with Crippen LogP contribution in [0.5, 0.6) is 0 Å². The first-order chi connectivity index (χ1) is 9.08. The molecule has 1 amide bonds. The molecule has 1 aromatic rings. The Hall–Kier alpha value is -0.770. The lowest BCUT2D eigenvalue weighted by molar-refractivity contribution is -0.134. The average molecular weight is 317 g/mol. The quantitative estimate of drug-likeness (QED) is 0.931. The summed E-state index contributed by atoms with van der Waals surface area (Å²) in [6.07, 6.45) is 3.69. The van der Waals surface area contributed by atoms with Crippen LogP contribution >= 0.6 is 24.0 Å². The van der Waals surface area contributed by atoms with Crippen LogP contribution in [0.3, 0.4) is 0 Å². The Bertz CT molecular complexity index is 434. The Kier molecular flexibility index (Phi) is 6.80. The van der Waals surface area contributed by atoms with Gasteiger partial charge in [-0.1, -0.05) is 23.7 Å². The van der Waals surface area contributed by atoms with E-state index in [0.717, 1.165) is 31.4 Å². The van der Waals surface area contributed by atoms with E-state index in [9.17, 15) is 4.79 Å². The molecule has 5 heteroatoms. The average Bonchev–Trinajstić information content (AvgIpc) is 2.41. The second-order valence-corrected chi connectivity index (χ2v) is 5.75. The molecular formula is C15H22Cl2N2O. The highest BCUT2D eigenvalue weighted by atomic mass is 35.5. The van der Waals surface area contributed by atoms with Gasteiger partial charge < -0.3 is 10.6 Å². The van der Waals surface area contributed by atoms with E-state index in [2.05, 4.69) is 0 Å². The van der Waals surface area contributed by atoms with E-state index in [4.69, 9.17) is 17.3 Å². The van der Waals surface area contributed by atoms with Gasteiger partial charge >= 0.3 is 0 Å². The predicted molar refractivity (Wildman–Crippen MR) is 85.4 cm³/mol. The number of nitrogens with two attached hydrogens (primary N) is 1. The highest BCUT2D eigenvalue weighted by molar-refractivity contribution is 6.30. The van der Waals surface area contributed by atoms with E-state index in [1.165, 1.54) is 0 Å². The van der Waals surface area contributed by atoms with Crippen molar-refractivity contribution < 1.29 is 4.79 Å². The molecule has 2 rings (SSSR count). The summed E-state index contributed by atoms with van der Waals surface area (Å²) in [5, 5.41) is 0.697. The summed E-state index contributed by atoms with van der Waals surface area (Å²) in [6, 6.07) is 7.69. The number of carbonyl (C=O) groups is 1. The molecule has 0 bridgehead atoms. The van der Waals surface area contributed by atoms with Gasteiger partial charge in [0.05, 0.1) is 6.42 Å². The fraction of sp³-hybridized carbons (Fsp3) is 0.533. The Morgan fingerprint density at radius 2 is 2.05 bits per heavy atom. The normalized spacial score (nSPS) is 20.1. The van der Waals surface area contributed by atoms with Crippen LogP contribution in [0.1, 0.15) is 31.7 Å². The summed E-state index contributed by atoms with van der Waals surface area (Å²) in [6.45, 7) is 2.82. The van der Waals surface area contributed by atoms with Crippen molar-refractivity contribution in [1.82, 2.24) is 4.90 Å². The Morgan fingerprint density at radius 3 is 2.65 bits per heavy atom. The SMILES string of the molecule is CC(N)C1CCCCN1C(=O)Cc1ccc(Cl)cc1.Cl. The van der Waals surface area contributed by atoms with Crippen LogP contribution in [0, 0.1) is 0 Å². The number of amides is 1. The summed E-state index contributed by atoms with van der Waals surface area (Å²) >= 11 is 5.85. The van der Waals surface area contributed by atoms with Crippen molar-refractivity contribution >= 4 is 29.9 Å². The minimum Gasteiger partial charge on any atom is -0.338 e. The predicted octanol–water partition coefficient (Wildman–Crippen LogP) is 3.03. The molecule has 20 heavy (non-hydrogen) atoms. The number of hydrogen-bond donors (Lipinski definition) is 1. The third-order valence-electron chi connectivity index (χ3n) is 3.75. The van der Waals surface area contributed by atoms with Crippen molar-refractivity contribution in [3.8, 4) is 0 Å². The van der Waals surface area contributed by atoms with Crippen molar-refractivity contribution in [3.05, 3.63) is 34.9 Å². The van der Waals surface area contributed by atoms with Crippen molar-refractivity contribution in [2.45, 2.75) is 44.7 Å². The zero-order valence-corrected chi connectivity index (χ0v) is 13.3. The number of rotatable bonds is 3. The van der Waals surface area contributed by atoms with Gasteiger partial charge in [0.25, 0.3) is 0 Å². The van der Waals surface area contributed by atoms with Gasteiger partial charge in [-0.15, -0.1) is 12.4 Å². The Labute approximate surface area is 131 Å². The fourth-order valence-corrected chi connectivity index (χ4v) is 2.82. The smallest absolute Gasteiger partial charge is 0.227 e. The molecule has 1 heterocycles. The van der Waals surface area contributed by atoms with E-state index in [0.29, 0.717) is 11.4 Å². The summed E-state index contributed by atoms with van der Waals surface area (Å²) in [5.41, 5.74) is 7.00. The van der Waals surface area contributed by atoms with Gasteiger partial charge in [-0.3, -0.25) is 4.79 Å². The number of benzene rings is 1. The van der Waals surface area contributed by atoms with E-state index < -0.39 is 0 Å². The van der Waals surface area contributed by atoms with Gasteiger partial charge in [-0.2, -0.15) is 0 Å². The third kappa shape index (κ3) is 4.37. The van der Waals surface area contributed by atoms with Crippen LogP contribution in [-0.4, -0.2) is 29.4 Å². The zero-order valence-electron chi connectivity index (χ0n) is 11.7. The first-order valence-electron chi connectivity index (χ1n) is 6.87. The number of hydrogen-bond acceptors (Lipinski definition) is 2. The third-order valence-corrected chi connectivity index (χ3v) is 4.00. The molecular weight excluding hydrogens is 295 g/mol. The van der Waals surface area contributed by atoms with E-state index in [1.807, 2.05) is 36.1 Å². The molecule has 1 aliphatic rings. The number of carbonyl (C=O) groups excluding carboxylic acids is 1. The van der Waals surface area contributed by atoms with Crippen LogP contribution < -0.4 is 5.73 Å². The number of nitrogens with zero attached hydrogens (tertiary/aromatic N) is 1. The maximum atomic E-state index is 12.4. The summed E-state index contributed by atoms with van der Waals surface area (Å²) in [4.78, 5) is 14.4. The topological polar surface area (TPSA) is 46.3 Å². The number of halogens is 2. The largest absolute Gasteiger partial charge is 0.338 e. The molecule has 1 saturated heterocycles. The molecule has 2 N–H and O–H groups in total. The molecule has 0 aliphatic carbocycles. The molecule has 112 valence electrons. The molecule has 0 spiro atoms. The maximum Gasteiger partial charge on any atom is 0.227 e. The second kappa shape index (κ2) is 7.87. The van der Waals surface area contributed by atoms with Crippen molar-refractivity contribution in [1.29, 1.82) is 0 Å². The lowest BCUT2D eigenvalue weighted by Crippen LogP contribution is -2.52. The maximum absolute atomic E-state index is 12.4. The van der Waals surface area contributed by atoms with Crippen molar-refractivity contribution in [3.63, 3.8) is 0 Å². The standard InChI is InChI=1S/C15H21ClN2O.ClH/c1-11(17)14-4-2-3-9-18(14)15(19)10-12-5-7-13(16)8-6-12;/h5-8,11,14H,2-4,9-10,17H2,1H3;1H. The number of likely N-dealkylation sites (tertiary alicyclic amines) is 1. The molecule has 1 aliphatic heterocycles. The molecule has 2 atom stereocenters. The zero-order chi connectivity index (χ0) is 13.8. The number of piperidine rings is 1. The van der Waals surface area contributed by atoms with Crippen LogP contribution in [0.2, 0.25) is 5.02 Å². The molecule has 0 saturated carbocycles. The van der Waals surface area contributed by atoms with E-state index >= 15 is 0 Å². The Morgan fingerprint density at radius 1 is 1.40 bits per heavy atom. The highest BCUT2D eigenvalue weighted by Crippen LogP contribution is 2.20. The fourth-order valence-electron chi connectivity index (χ4n) is 2.69. The van der Waals surface area contributed by atoms with E-state index in [1.54, 1.807) is 0 Å². The van der Waals surface area contributed by atoms with Crippen molar-refractivity contribution in [2.24, 2.45) is 5.73 Å². The van der Waals surface area contributed by atoms with Crippen LogP contribution in [-0.2, 0) is 11.2 Å². The molecule has 0 radical (unpaired) electrons. The van der Waals surface area contributed by atoms with E-state index in [-0.39, 0.29) is 30.4 Å². The second-order valence-electron chi connectivity index (χ2n) is 5.31. The van der Waals surface area contributed by atoms with Gasteiger partial charge in [0, 0.05) is 23.7 Å². The van der Waals surface area contributed by atoms with Crippen LogP contribution in [0.4, 0.5) is 0 Å². The lowest BCUT2D eigenvalue weighted by Gasteiger charge is -2.38. The minimum atomic E-state index is 0. The molecule has 1 aromatic carbocycles. The first kappa shape index (κ1) is 17.3. The summed E-state index contributed by atoms with van der Waals surface area (Å²) in [5.74, 6) is 0.171. The monoisotopic (exact) mass is 316 g/mol.